The van der Waals surface area contributed by atoms with Gasteiger partial charge in [-0.3, -0.25) is 9.59 Å². The second kappa shape index (κ2) is 8.14. The van der Waals surface area contributed by atoms with Crippen molar-refractivity contribution in [2.45, 2.75) is 102 Å². The molecular weight excluding hydrogens is 422 g/mol. The molecule has 0 spiro atoms. The number of nitrogens with one attached hydrogen (secondary N) is 1. The van der Waals surface area contributed by atoms with E-state index in [0.29, 0.717) is 36.5 Å². The molecule has 8 heteroatoms. The zero-order valence-corrected chi connectivity index (χ0v) is 20.7. The van der Waals surface area contributed by atoms with E-state index in [0.717, 1.165) is 38.5 Å². The molecule has 0 aromatic carbocycles. The van der Waals surface area contributed by atoms with Crippen LogP contribution in [0.3, 0.4) is 0 Å². The number of nitrogens with zero attached hydrogens (tertiary/aromatic N) is 1. The lowest BCUT2D eigenvalue weighted by molar-refractivity contribution is -0.180. The maximum atomic E-state index is 14.0. The number of ether oxygens (including phenoxy) is 1. The molecule has 5 saturated carbocycles. The summed E-state index contributed by atoms with van der Waals surface area (Å²) < 4.78 is 5.51. The Bertz CT molecular complexity index is 807. The van der Waals surface area contributed by atoms with E-state index in [-0.39, 0.29) is 5.91 Å². The number of amides is 3. The molecule has 0 aromatic rings. The Morgan fingerprint density at radius 3 is 2.18 bits per heavy atom. The molecule has 5 rings (SSSR count). The van der Waals surface area contributed by atoms with Gasteiger partial charge in [0.25, 0.3) is 0 Å². The van der Waals surface area contributed by atoms with Gasteiger partial charge in [-0.2, -0.15) is 0 Å². The number of nitrogens with two attached hydrogens (primary N) is 1. The first-order valence-electron chi connectivity index (χ1n) is 12.5. The predicted molar refractivity (Wildman–Crippen MR) is 123 cm³/mol. The highest BCUT2D eigenvalue weighted by atomic mass is 16.6. The van der Waals surface area contributed by atoms with Crippen molar-refractivity contribution in [2.75, 3.05) is 7.05 Å². The second-order valence-electron chi connectivity index (χ2n) is 12.7. The fourth-order valence-electron chi connectivity index (χ4n) is 7.36. The summed E-state index contributed by atoms with van der Waals surface area (Å²) >= 11 is 0. The van der Waals surface area contributed by atoms with E-state index < -0.39 is 40.7 Å². The third-order valence-corrected chi connectivity index (χ3v) is 8.54. The lowest BCUT2D eigenvalue weighted by atomic mass is 9.46. The van der Waals surface area contributed by atoms with E-state index in [2.05, 4.69) is 12.2 Å². The van der Waals surface area contributed by atoms with Gasteiger partial charge in [0.05, 0.1) is 5.60 Å². The third-order valence-electron chi connectivity index (χ3n) is 8.54. The number of primary amides is 1. The number of alkyl carbamates (subject to hydrolysis) is 1. The number of likely N-dealkylation sites (N-methyl/N-ethyl adjacent to an activating group) is 1. The van der Waals surface area contributed by atoms with Crippen LogP contribution in [0.5, 0.6) is 0 Å². The molecule has 0 heterocycles. The van der Waals surface area contributed by atoms with Gasteiger partial charge in [0.1, 0.15) is 17.7 Å². The number of hydrogen-bond donors (Lipinski definition) is 3. The molecule has 8 nitrogen and oxygen atoms in total. The predicted octanol–water partition coefficient (Wildman–Crippen LogP) is 2.57. The summed E-state index contributed by atoms with van der Waals surface area (Å²) in [4.78, 5) is 40.6. The number of carbonyl (C=O) groups excluding carboxylic acids is 3. The van der Waals surface area contributed by atoms with Crippen LogP contribution in [0.15, 0.2) is 0 Å². The second-order valence-corrected chi connectivity index (χ2v) is 12.7. The first-order valence-corrected chi connectivity index (χ1v) is 12.5. The van der Waals surface area contributed by atoms with E-state index in [1.165, 1.54) is 4.90 Å². The van der Waals surface area contributed by atoms with Crippen molar-refractivity contribution in [3.05, 3.63) is 0 Å². The Morgan fingerprint density at radius 2 is 1.73 bits per heavy atom. The SMILES string of the molecule is C[C@H]1C[C@H]1C[C@@H](C(N)=O)N(C)C(=O)C(NC(=O)OC(C)(C)C)C12CC3CC(CC(O)(C3)C1)C2. The van der Waals surface area contributed by atoms with Crippen molar-refractivity contribution < 1.29 is 24.2 Å². The van der Waals surface area contributed by atoms with Crippen molar-refractivity contribution in [1.82, 2.24) is 10.2 Å². The Labute approximate surface area is 197 Å². The van der Waals surface area contributed by atoms with Gasteiger partial charge in [0.15, 0.2) is 0 Å². The smallest absolute Gasteiger partial charge is 0.408 e. The van der Waals surface area contributed by atoms with Crippen LogP contribution < -0.4 is 11.1 Å². The summed E-state index contributed by atoms with van der Waals surface area (Å²) in [5.74, 6) is 0.764. The van der Waals surface area contributed by atoms with Crippen molar-refractivity contribution in [1.29, 1.82) is 0 Å². The van der Waals surface area contributed by atoms with Crippen LogP contribution in [-0.2, 0) is 14.3 Å². The van der Waals surface area contributed by atoms with E-state index in [4.69, 9.17) is 10.5 Å². The van der Waals surface area contributed by atoms with Crippen molar-refractivity contribution in [2.24, 2.45) is 34.8 Å². The van der Waals surface area contributed by atoms with E-state index in [1.54, 1.807) is 27.8 Å². The van der Waals surface area contributed by atoms with E-state index >= 15 is 0 Å². The minimum Gasteiger partial charge on any atom is -0.444 e. The zero-order valence-electron chi connectivity index (χ0n) is 20.7. The van der Waals surface area contributed by atoms with Gasteiger partial charge in [0.2, 0.25) is 11.8 Å². The largest absolute Gasteiger partial charge is 0.444 e. The van der Waals surface area contributed by atoms with Crippen LogP contribution in [0, 0.1) is 29.1 Å². The molecule has 5 aliphatic carbocycles. The third kappa shape index (κ3) is 5.00. The first kappa shape index (κ1) is 24.3. The standard InChI is InChI=1S/C25H41N3O5/c1-14-6-17(14)8-18(20(26)29)28(5)21(30)19(27-22(31)33-23(2,3)4)24-9-15-7-16(10-24)12-25(32,11-15)13-24/h14-19,32H,6-13H2,1-5H3,(H2,26,29)(H,27,31)/t14-,15?,16?,17-,18-,19?,24?,25?/m0/s1. The van der Waals surface area contributed by atoms with Crippen molar-refractivity contribution >= 4 is 17.9 Å². The topological polar surface area (TPSA) is 122 Å². The summed E-state index contributed by atoms with van der Waals surface area (Å²) in [7, 11) is 1.61. The molecule has 0 aliphatic heterocycles. The molecule has 186 valence electrons. The average molecular weight is 464 g/mol. The van der Waals surface area contributed by atoms with Gasteiger partial charge in [-0.15, -0.1) is 0 Å². The highest BCUT2D eigenvalue weighted by molar-refractivity contribution is 5.91. The van der Waals surface area contributed by atoms with Crippen LogP contribution in [0.25, 0.3) is 0 Å². The molecule has 33 heavy (non-hydrogen) atoms. The summed E-state index contributed by atoms with van der Waals surface area (Å²) in [6, 6.07) is -1.58. The van der Waals surface area contributed by atoms with Crippen LogP contribution in [0.4, 0.5) is 4.79 Å². The monoisotopic (exact) mass is 463 g/mol. The quantitative estimate of drug-likeness (QED) is 0.536. The van der Waals surface area contributed by atoms with Gasteiger partial charge in [-0.05, 0) is 95.8 Å². The molecule has 4 N–H and O–H groups in total. The van der Waals surface area contributed by atoms with Crippen LogP contribution in [0.1, 0.15) is 79.1 Å². The molecular formula is C25H41N3O5. The fraction of sp³-hybridized carbons (Fsp3) is 0.880. The number of carbonyl (C=O) groups is 3. The number of aliphatic hydroxyl groups is 1. The minimum atomic E-state index is -0.867. The molecule has 0 aromatic heterocycles. The van der Waals surface area contributed by atoms with Crippen LogP contribution >= 0.6 is 0 Å². The Hall–Kier alpha value is -1.83. The fourth-order valence-corrected chi connectivity index (χ4v) is 7.36. The molecule has 4 bridgehead atoms. The molecule has 3 amide bonds. The molecule has 0 saturated heterocycles. The highest BCUT2D eigenvalue weighted by Gasteiger charge is 2.62. The summed E-state index contributed by atoms with van der Waals surface area (Å²) in [5.41, 5.74) is 3.68. The van der Waals surface area contributed by atoms with E-state index in [1.807, 2.05) is 0 Å². The number of rotatable bonds is 7. The summed E-state index contributed by atoms with van der Waals surface area (Å²) in [5, 5.41) is 14.2. The van der Waals surface area contributed by atoms with Gasteiger partial charge in [-0.1, -0.05) is 6.92 Å². The van der Waals surface area contributed by atoms with Crippen molar-refractivity contribution in [3.8, 4) is 0 Å². The molecule has 5 fully saturated rings. The molecule has 6 atom stereocenters. The lowest BCUT2D eigenvalue weighted by Gasteiger charge is -2.62. The van der Waals surface area contributed by atoms with Gasteiger partial charge in [-0.25, -0.2) is 4.79 Å². The average Bonchev–Trinajstić information content (AvgIpc) is 3.34. The molecule has 3 unspecified atom stereocenters. The van der Waals surface area contributed by atoms with Gasteiger partial charge < -0.3 is 25.8 Å². The first-order chi connectivity index (χ1) is 15.2. The summed E-state index contributed by atoms with van der Waals surface area (Å²) in [6.45, 7) is 7.47. The highest BCUT2D eigenvalue weighted by Crippen LogP contribution is 2.63. The van der Waals surface area contributed by atoms with Gasteiger partial charge in [0, 0.05) is 12.5 Å². The molecule has 0 radical (unpaired) electrons. The van der Waals surface area contributed by atoms with Crippen molar-refractivity contribution in [3.63, 3.8) is 0 Å². The molecule has 5 aliphatic rings. The van der Waals surface area contributed by atoms with Crippen LogP contribution in [-0.4, -0.2) is 58.2 Å². The Kier molecular flexibility index (Phi) is 5.99. The van der Waals surface area contributed by atoms with Crippen LogP contribution in [0.2, 0.25) is 0 Å². The Morgan fingerprint density at radius 1 is 1.15 bits per heavy atom. The lowest BCUT2D eigenvalue weighted by Crippen LogP contribution is -2.67. The summed E-state index contributed by atoms with van der Waals surface area (Å²) in [6.07, 6.45) is 5.56. The minimum absolute atomic E-state index is 0.316. The zero-order chi connectivity index (χ0) is 24.3. The number of hydrogen-bond acceptors (Lipinski definition) is 5. The normalized spacial score (nSPS) is 38.4. The maximum Gasteiger partial charge on any atom is 0.408 e. The van der Waals surface area contributed by atoms with Gasteiger partial charge >= 0.3 is 6.09 Å². The Balaban J connectivity index is 1.62. The maximum absolute atomic E-state index is 14.0. The van der Waals surface area contributed by atoms with E-state index in [9.17, 15) is 19.5 Å².